The average molecular weight is 491 g/mol. The van der Waals surface area contributed by atoms with E-state index in [1.165, 1.54) is 0 Å². The molecule has 0 aliphatic carbocycles. The number of anilines is 1. The Morgan fingerprint density at radius 1 is 0.750 bits per heavy atom. The molecule has 3 aromatic rings. The van der Waals surface area contributed by atoms with Crippen LogP contribution in [0, 0.1) is 0 Å². The normalized spacial score (nSPS) is 16.0. The lowest BCUT2D eigenvalue weighted by Crippen LogP contribution is -2.41. The van der Waals surface area contributed by atoms with Crippen LogP contribution in [-0.2, 0) is 22.4 Å². The summed E-state index contributed by atoms with van der Waals surface area (Å²) in [5.74, 6) is 2.59. The van der Waals surface area contributed by atoms with Gasteiger partial charge in [0.15, 0.2) is 0 Å². The summed E-state index contributed by atoms with van der Waals surface area (Å²) in [7, 11) is 4.30. The zero-order valence-corrected chi connectivity index (χ0v) is 22.1. The van der Waals surface area contributed by atoms with Gasteiger partial charge in [0.05, 0.1) is 38.0 Å². The van der Waals surface area contributed by atoms with Gasteiger partial charge in [0, 0.05) is 19.3 Å². The van der Waals surface area contributed by atoms with Gasteiger partial charge in [-0.2, -0.15) is 4.98 Å². The minimum atomic E-state index is -0.615. The Morgan fingerprint density at radius 2 is 1.22 bits per heavy atom. The van der Waals surface area contributed by atoms with Crippen LogP contribution in [0.3, 0.4) is 0 Å². The summed E-state index contributed by atoms with van der Waals surface area (Å²) in [6.45, 7) is 9.24. The quantitative estimate of drug-likeness (QED) is 0.416. The molecule has 0 spiro atoms. The minimum absolute atomic E-state index is 0.424. The maximum atomic E-state index is 6.21. The molecular formula is C27H34BN3O5. The van der Waals surface area contributed by atoms with E-state index >= 15 is 0 Å². The van der Waals surface area contributed by atoms with Crippen LogP contribution in [0.15, 0.2) is 54.7 Å². The fourth-order valence-electron chi connectivity index (χ4n) is 3.91. The Hall–Kier alpha value is -3.30. The minimum Gasteiger partial charge on any atom is -0.497 e. The third-order valence-corrected chi connectivity index (χ3v) is 6.82. The molecule has 1 fully saturated rings. The van der Waals surface area contributed by atoms with E-state index in [0.717, 1.165) is 22.6 Å². The first kappa shape index (κ1) is 25.8. The lowest BCUT2D eigenvalue weighted by atomic mass is 9.81. The molecule has 36 heavy (non-hydrogen) atoms. The van der Waals surface area contributed by atoms with Gasteiger partial charge in [-0.25, -0.2) is 4.98 Å². The monoisotopic (exact) mass is 491 g/mol. The van der Waals surface area contributed by atoms with Crippen molar-refractivity contribution in [3.8, 4) is 17.4 Å². The van der Waals surface area contributed by atoms with Crippen molar-refractivity contribution in [2.24, 2.45) is 0 Å². The Kier molecular flexibility index (Phi) is 7.42. The van der Waals surface area contributed by atoms with Gasteiger partial charge in [0.25, 0.3) is 0 Å². The number of ether oxygens (including phenoxy) is 3. The van der Waals surface area contributed by atoms with Crippen molar-refractivity contribution in [3.05, 3.63) is 65.9 Å². The Morgan fingerprint density at radius 3 is 1.64 bits per heavy atom. The molecule has 1 aliphatic rings. The van der Waals surface area contributed by atoms with Crippen LogP contribution in [0.2, 0.25) is 0 Å². The topological polar surface area (TPSA) is 75.2 Å². The molecule has 0 N–H and O–H groups in total. The fourth-order valence-corrected chi connectivity index (χ4v) is 3.91. The highest BCUT2D eigenvalue weighted by Crippen LogP contribution is 2.37. The summed E-state index contributed by atoms with van der Waals surface area (Å²) in [5.41, 5.74) is 1.91. The maximum absolute atomic E-state index is 6.21. The van der Waals surface area contributed by atoms with E-state index in [4.69, 9.17) is 33.5 Å². The molecule has 4 rings (SSSR count). The third-order valence-electron chi connectivity index (χ3n) is 6.82. The summed E-state index contributed by atoms with van der Waals surface area (Å²) in [6.07, 6.45) is 1.73. The number of rotatable bonds is 9. The highest BCUT2D eigenvalue weighted by atomic mass is 16.7. The van der Waals surface area contributed by atoms with Gasteiger partial charge in [0.2, 0.25) is 11.8 Å². The molecule has 2 aromatic carbocycles. The predicted molar refractivity (Wildman–Crippen MR) is 140 cm³/mol. The fraction of sp³-hybridized carbons (Fsp3) is 0.407. The van der Waals surface area contributed by atoms with Gasteiger partial charge < -0.3 is 28.4 Å². The van der Waals surface area contributed by atoms with Crippen molar-refractivity contribution in [1.29, 1.82) is 0 Å². The lowest BCUT2D eigenvalue weighted by Gasteiger charge is -2.32. The second kappa shape index (κ2) is 10.4. The van der Waals surface area contributed by atoms with Crippen LogP contribution in [0.1, 0.15) is 38.8 Å². The van der Waals surface area contributed by atoms with Crippen molar-refractivity contribution in [3.63, 3.8) is 0 Å². The van der Waals surface area contributed by atoms with Crippen molar-refractivity contribution in [2.45, 2.75) is 52.0 Å². The van der Waals surface area contributed by atoms with Crippen molar-refractivity contribution in [2.75, 3.05) is 26.2 Å². The molecular weight excluding hydrogens is 457 g/mol. The first-order valence-electron chi connectivity index (χ1n) is 11.9. The van der Waals surface area contributed by atoms with Crippen LogP contribution in [0.5, 0.6) is 17.4 Å². The van der Waals surface area contributed by atoms with Gasteiger partial charge in [-0.15, -0.1) is 0 Å². The molecule has 0 unspecified atom stereocenters. The molecule has 1 aromatic heterocycles. The van der Waals surface area contributed by atoms with Crippen LogP contribution in [0.4, 0.5) is 5.95 Å². The molecule has 0 bridgehead atoms. The van der Waals surface area contributed by atoms with Gasteiger partial charge in [-0.05, 0) is 63.1 Å². The SMILES string of the molecule is COc1ccc(CN(Cc2ccc(OC)cc2)c2ncc(B3OC(C)(C)C(C)(C)O3)c(OC)n2)cc1. The van der Waals surface area contributed by atoms with E-state index < -0.39 is 18.3 Å². The van der Waals surface area contributed by atoms with Crippen molar-refractivity contribution >= 4 is 18.5 Å². The number of aromatic nitrogens is 2. The first-order chi connectivity index (χ1) is 17.2. The summed E-state index contributed by atoms with van der Waals surface area (Å²) in [4.78, 5) is 11.6. The van der Waals surface area contributed by atoms with E-state index in [2.05, 4.69) is 4.90 Å². The number of hydrogen-bond donors (Lipinski definition) is 0. The van der Waals surface area contributed by atoms with E-state index in [9.17, 15) is 0 Å². The highest BCUT2D eigenvalue weighted by Gasteiger charge is 2.53. The number of methoxy groups -OCH3 is 3. The van der Waals surface area contributed by atoms with Crippen molar-refractivity contribution < 1.29 is 23.5 Å². The van der Waals surface area contributed by atoms with Crippen LogP contribution < -0.4 is 24.6 Å². The molecule has 1 aliphatic heterocycles. The summed E-state index contributed by atoms with van der Waals surface area (Å²) < 4.78 is 28.7. The van der Waals surface area contributed by atoms with Gasteiger partial charge in [-0.3, -0.25) is 0 Å². The van der Waals surface area contributed by atoms with E-state index in [-0.39, 0.29) is 0 Å². The molecule has 0 atom stereocenters. The number of nitrogens with zero attached hydrogens (tertiary/aromatic N) is 3. The van der Waals surface area contributed by atoms with E-state index in [1.54, 1.807) is 27.5 Å². The molecule has 0 saturated carbocycles. The third kappa shape index (κ3) is 5.42. The second-order valence-corrected chi connectivity index (χ2v) is 9.78. The smallest absolute Gasteiger partial charge is 0.497 e. The first-order valence-corrected chi connectivity index (χ1v) is 11.9. The van der Waals surface area contributed by atoms with Crippen LogP contribution in [-0.4, -0.2) is 49.6 Å². The van der Waals surface area contributed by atoms with Crippen LogP contribution in [0.25, 0.3) is 0 Å². The second-order valence-electron chi connectivity index (χ2n) is 9.78. The molecule has 2 heterocycles. The molecule has 1 saturated heterocycles. The lowest BCUT2D eigenvalue weighted by molar-refractivity contribution is 0.00578. The molecule has 8 nitrogen and oxygen atoms in total. The van der Waals surface area contributed by atoms with E-state index in [1.807, 2.05) is 76.2 Å². The zero-order chi connectivity index (χ0) is 25.9. The molecule has 190 valence electrons. The number of hydrogen-bond acceptors (Lipinski definition) is 8. The molecule has 0 radical (unpaired) electrons. The van der Waals surface area contributed by atoms with Gasteiger partial charge in [0.1, 0.15) is 11.5 Å². The number of benzene rings is 2. The zero-order valence-electron chi connectivity index (χ0n) is 22.1. The summed E-state index contributed by atoms with van der Waals surface area (Å²) >= 11 is 0. The standard InChI is InChI=1S/C27H34BN3O5/c1-26(2)27(3,4)36-28(35-26)23-16-29-25(30-24(23)34-7)31(17-19-8-12-21(32-5)13-9-19)18-20-10-14-22(33-6)15-11-20/h8-16H,17-18H2,1-7H3. The van der Waals surface area contributed by atoms with Crippen molar-refractivity contribution in [1.82, 2.24) is 9.97 Å². The predicted octanol–water partition coefficient (Wildman–Crippen LogP) is 4.01. The maximum Gasteiger partial charge on any atom is 0.502 e. The highest BCUT2D eigenvalue weighted by molar-refractivity contribution is 6.63. The summed E-state index contributed by atoms with van der Waals surface area (Å²) in [5, 5.41) is 0. The van der Waals surface area contributed by atoms with Gasteiger partial charge >= 0.3 is 7.12 Å². The Bertz CT molecular complexity index is 1100. The largest absolute Gasteiger partial charge is 0.502 e. The van der Waals surface area contributed by atoms with E-state index in [0.29, 0.717) is 30.4 Å². The average Bonchev–Trinajstić information content (AvgIpc) is 3.10. The summed E-state index contributed by atoms with van der Waals surface area (Å²) in [6, 6.07) is 15.9. The van der Waals surface area contributed by atoms with Crippen LogP contribution >= 0.6 is 0 Å². The molecule has 9 heteroatoms. The molecule has 0 amide bonds. The van der Waals surface area contributed by atoms with Gasteiger partial charge in [-0.1, -0.05) is 24.3 Å². The Labute approximate surface area is 213 Å². The Balaban J connectivity index is 1.65.